The quantitative estimate of drug-likeness (QED) is 0.699. The average molecular weight is 405 g/mol. The molecule has 0 bridgehead atoms. The summed E-state index contributed by atoms with van der Waals surface area (Å²) in [5, 5.41) is 3.04. The summed E-state index contributed by atoms with van der Waals surface area (Å²) in [5.41, 5.74) is 0.732. The monoisotopic (exact) mass is 404 g/mol. The zero-order valence-corrected chi connectivity index (χ0v) is 17.7. The van der Waals surface area contributed by atoms with Crippen LogP contribution in [0.1, 0.15) is 38.1 Å². The summed E-state index contributed by atoms with van der Waals surface area (Å²) in [6, 6.07) is 12.6. The molecule has 2 rings (SSSR count). The Balaban J connectivity index is 2.19. The second kappa shape index (κ2) is 9.10. The van der Waals surface area contributed by atoms with Gasteiger partial charge in [0.1, 0.15) is 5.75 Å². The largest absolute Gasteiger partial charge is 0.497 e. The summed E-state index contributed by atoms with van der Waals surface area (Å²) in [5.74, 6) is 0.932. The molecule has 152 valence electrons. The van der Waals surface area contributed by atoms with Gasteiger partial charge in [0.15, 0.2) is 0 Å². The van der Waals surface area contributed by atoms with Gasteiger partial charge in [-0.05, 0) is 54.3 Å². The highest BCUT2D eigenvalue weighted by molar-refractivity contribution is 7.92. The molecule has 7 heteroatoms. The number of sulfonamides is 1. The van der Waals surface area contributed by atoms with Gasteiger partial charge in [-0.1, -0.05) is 33.8 Å². The number of methoxy groups -OCH3 is 1. The summed E-state index contributed by atoms with van der Waals surface area (Å²) >= 11 is 0. The minimum absolute atomic E-state index is 0.0344. The highest BCUT2D eigenvalue weighted by atomic mass is 32.2. The smallest absolute Gasteiger partial charge is 0.261 e. The van der Waals surface area contributed by atoms with Crippen molar-refractivity contribution in [2.45, 2.75) is 38.6 Å². The van der Waals surface area contributed by atoms with Gasteiger partial charge in [0, 0.05) is 17.3 Å². The number of nitrogens with one attached hydrogen (secondary N) is 2. The number of carbonyl (C=O) groups is 1. The maximum absolute atomic E-state index is 12.6. The van der Waals surface area contributed by atoms with Gasteiger partial charge in [0.25, 0.3) is 15.9 Å². The maximum Gasteiger partial charge on any atom is 0.261 e. The van der Waals surface area contributed by atoms with Crippen LogP contribution in [0.2, 0.25) is 0 Å². The first-order valence-corrected chi connectivity index (χ1v) is 10.7. The van der Waals surface area contributed by atoms with Gasteiger partial charge in [0.2, 0.25) is 0 Å². The molecule has 0 aliphatic carbocycles. The molecule has 0 spiro atoms. The van der Waals surface area contributed by atoms with Gasteiger partial charge in [0.05, 0.1) is 12.0 Å². The van der Waals surface area contributed by atoms with Crippen LogP contribution in [-0.2, 0) is 10.0 Å². The highest BCUT2D eigenvalue weighted by Gasteiger charge is 2.21. The van der Waals surface area contributed by atoms with Crippen LogP contribution < -0.4 is 14.8 Å². The lowest BCUT2D eigenvalue weighted by atomic mass is 9.93. The molecule has 0 saturated carbocycles. The van der Waals surface area contributed by atoms with E-state index >= 15 is 0 Å². The number of ether oxygens (including phenoxy) is 1. The molecule has 1 amide bonds. The van der Waals surface area contributed by atoms with Crippen LogP contribution in [0.5, 0.6) is 5.75 Å². The van der Waals surface area contributed by atoms with Crippen molar-refractivity contribution in [2.24, 2.45) is 11.8 Å². The lowest BCUT2D eigenvalue weighted by Crippen LogP contribution is -2.42. The molecule has 2 aromatic rings. The fraction of sp³-hybridized carbons (Fsp3) is 0.381. The standard InChI is InChI=1S/C21H28N2O4S/c1-14(2)20(15(3)4)22-21(24)16-7-6-8-17(13-16)23-28(25,26)19-11-9-18(27-5)10-12-19/h6-15,20,23H,1-5H3,(H,22,24). The normalized spacial score (nSPS) is 11.7. The zero-order chi connectivity index (χ0) is 20.9. The summed E-state index contributed by atoms with van der Waals surface area (Å²) < 4.78 is 32.7. The Hall–Kier alpha value is -2.54. The highest BCUT2D eigenvalue weighted by Crippen LogP contribution is 2.20. The molecule has 0 unspecified atom stereocenters. The topological polar surface area (TPSA) is 84.5 Å². The van der Waals surface area contributed by atoms with E-state index in [0.717, 1.165) is 0 Å². The van der Waals surface area contributed by atoms with E-state index in [1.165, 1.54) is 25.3 Å². The third kappa shape index (κ3) is 5.48. The summed E-state index contributed by atoms with van der Waals surface area (Å²) in [6.45, 7) is 8.24. The van der Waals surface area contributed by atoms with Crippen molar-refractivity contribution < 1.29 is 17.9 Å². The summed E-state index contributed by atoms with van der Waals surface area (Å²) in [7, 11) is -2.25. The summed E-state index contributed by atoms with van der Waals surface area (Å²) in [6.07, 6.45) is 0. The second-order valence-corrected chi connectivity index (χ2v) is 9.03. The molecule has 0 saturated heterocycles. The van der Waals surface area contributed by atoms with Gasteiger partial charge in [-0.2, -0.15) is 0 Å². The SMILES string of the molecule is COc1ccc(S(=O)(=O)Nc2cccc(C(=O)NC(C(C)C)C(C)C)c2)cc1. The van der Waals surface area contributed by atoms with Gasteiger partial charge in [-0.25, -0.2) is 8.42 Å². The minimum Gasteiger partial charge on any atom is -0.497 e. The molecular formula is C21H28N2O4S. The predicted octanol–water partition coefficient (Wildman–Crippen LogP) is 3.91. The Bertz CT molecular complexity index is 898. The molecule has 0 heterocycles. The zero-order valence-electron chi connectivity index (χ0n) is 16.9. The van der Waals surface area contributed by atoms with Gasteiger partial charge >= 0.3 is 0 Å². The summed E-state index contributed by atoms with van der Waals surface area (Å²) in [4.78, 5) is 12.7. The number of amides is 1. The van der Waals surface area contributed by atoms with E-state index in [4.69, 9.17) is 4.74 Å². The minimum atomic E-state index is -3.77. The molecule has 2 N–H and O–H groups in total. The molecular weight excluding hydrogens is 376 g/mol. The van der Waals surface area contributed by atoms with Crippen molar-refractivity contribution in [3.63, 3.8) is 0 Å². The molecule has 0 aliphatic heterocycles. The number of anilines is 1. The van der Waals surface area contributed by atoms with E-state index in [1.54, 1.807) is 30.3 Å². The molecule has 28 heavy (non-hydrogen) atoms. The second-order valence-electron chi connectivity index (χ2n) is 7.35. The van der Waals surface area contributed by atoms with Gasteiger partial charge < -0.3 is 10.1 Å². The van der Waals surface area contributed by atoms with E-state index < -0.39 is 10.0 Å². The van der Waals surface area contributed by atoms with Crippen molar-refractivity contribution in [2.75, 3.05) is 11.8 Å². The third-order valence-corrected chi connectivity index (χ3v) is 5.88. The van der Waals surface area contributed by atoms with Gasteiger partial charge in [-0.3, -0.25) is 9.52 Å². The van der Waals surface area contributed by atoms with Crippen LogP contribution >= 0.6 is 0 Å². The van der Waals surface area contributed by atoms with Crippen LogP contribution in [0.25, 0.3) is 0 Å². The number of hydrogen-bond acceptors (Lipinski definition) is 4. The Morgan fingerprint density at radius 1 is 0.964 bits per heavy atom. The van der Waals surface area contributed by atoms with Crippen molar-refractivity contribution >= 4 is 21.6 Å². The van der Waals surface area contributed by atoms with E-state index in [1.807, 2.05) is 0 Å². The average Bonchev–Trinajstić information content (AvgIpc) is 2.65. The number of rotatable bonds is 8. The van der Waals surface area contributed by atoms with Crippen LogP contribution in [-0.4, -0.2) is 27.5 Å². The van der Waals surface area contributed by atoms with E-state index in [0.29, 0.717) is 28.8 Å². The molecule has 0 fully saturated rings. The molecule has 2 aromatic carbocycles. The molecule has 6 nitrogen and oxygen atoms in total. The predicted molar refractivity (Wildman–Crippen MR) is 111 cm³/mol. The number of benzene rings is 2. The Labute approximate surface area is 167 Å². The fourth-order valence-electron chi connectivity index (χ4n) is 3.03. The molecule has 0 aliphatic rings. The van der Waals surface area contributed by atoms with Crippen LogP contribution in [0.15, 0.2) is 53.4 Å². The number of hydrogen-bond donors (Lipinski definition) is 2. The Kier molecular flexibility index (Phi) is 7.07. The van der Waals surface area contributed by atoms with Crippen LogP contribution in [0.4, 0.5) is 5.69 Å². The first-order valence-electron chi connectivity index (χ1n) is 9.22. The molecule has 0 atom stereocenters. The molecule has 0 aromatic heterocycles. The van der Waals surface area contributed by atoms with Crippen molar-refractivity contribution in [1.29, 1.82) is 0 Å². The fourth-order valence-corrected chi connectivity index (χ4v) is 4.08. The van der Waals surface area contributed by atoms with E-state index in [9.17, 15) is 13.2 Å². The van der Waals surface area contributed by atoms with Crippen molar-refractivity contribution in [1.82, 2.24) is 5.32 Å². The van der Waals surface area contributed by atoms with E-state index in [-0.39, 0.29) is 16.8 Å². The third-order valence-electron chi connectivity index (χ3n) is 4.48. The van der Waals surface area contributed by atoms with Crippen molar-refractivity contribution in [3.8, 4) is 5.75 Å². The Morgan fingerprint density at radius 2 is 1.57 bits per heavy atom. The Morgan fingerprint density at radius 3 is 2.11 bits per heavy atom. The lowest BCUT2D eigenvalue weighted by Gasteiger charge is -2.26. The lowest BCUT2D eigenvalue weighted by molar-refractivity contribution is 0.0910. The van der Waals surface area contributed by atoms with Gasteiger partial charge in [-0.15, -0.1) is 0 Å². The maximum atomic E-state index is 12.6. The van der Waals surface area contributed by atoms with Crippen LogP contribution in [0, 0.1) is 11.8 Å². The molecule has 0 radical (unpaired) electrons. The number of carbonyl (C=O) groups excluding carboxylic acids is 1. The first-order chi connectivity index (χ1) is 13.1. The van der Waals surface area contributed by atoms with Crippen molar-refractivity contribution in [3.05, 3.63) is 54.1 Å². The van der Waals surface area contributed by atoms with E-state index in [2.05, 4.69) is 37.7 Å². The first kappa shape index (κ1) is 21.8. The van der Waals surface area contributed by atoms with Crippen LogP contribution in [0.3, 0.4) is 0 Å².